The van der Waals surface area contributed by atoms with Crippen LogP contribution in [0.4, 0.5) is 23.2 Å². The first-order chi connectivity index (χ1) is 20.5. The number of rotatable bonds is 8. The Morgan fingerprint density at radius 3 is 2.00 bits per heavy atom. The highest BCUT2D eigenvalue weighted by molar-refractivity contribution is 6.34. The number of nitrogens with zero attached hydrogens (tertiary/aromatic N) is 3. The van der Waals surface area contributed by atoms with Crippen molar-refractivity contribution in [2.75, 3.05) is 19.1 Å². The van der Waals surface area contributed by atoms with Crippen LogP contribution in [0.1, 0.15) is 22.3 Å². The average molecular weight is 613 g/mol. The summed E-state index contributed by atoms with van der Waals surface area (Å²) in [6.45, 7) is 1.83. The van der Waals surface area contributed by atoms with E-state index >= 15 is 4.39 Å². The molecule has 5 rings (SSSR count). The summed E-state index contributed by atoms with van der Waals surface area (Å²) in [4.78, 5) is 24.3. The first-order valence-corrected chi connectivity index (χ1v) is 13.3. The average Bonchev–Trinajstić information content (AvgIpc) is 2.98. The molecular formula is C31H25ClF4N4O3. The zero-order valence-corrected chi connectivity index (χ0v) is 24.0. The molecule has 0 spiro atoms. The van der Waals surface area contributed by atoms with E-state index in [0.29, 0.717) is 11.5 Å². The number of aromatic amines is 1. The summed E-state index contributed by atoms with van der Waals surface area (Å²) in [6, 6.07) is 15.5. The van der Waals surface area contributed by atoms with E-state index in [4.69, 9.17) is 21.1 Å². The van der Waals surface area contributed by atoms with Crippen molar-refractivity contribution >= 4 is 28.2 Å². The Hall–Kier alpha value is -4.64. The minimum absolute atomic E-state index is 0.130. The molecule has 1 N–H and O–H groups in total. The third kappa shape index (κ3) is 5.98. The Balaban J connectivity index is 1.67. The van der Waals surface area contributed by atoms with Crippen LogP contribution in [0, 0.1) is 12.7 Å². The van der Waals surface area contributed by atoms with Gasteiger partial charge in [-0.2, -0.15) is 13.2 Å². The van der Waals surface area contributed by atoms with Gasteiger partial charge >= 0.3 is 6.18 Å². The molecule has 0 saturated heterocycles. The van der Waals surface area contributed by atoms with Crippen molar-refractivity contribution in [1.82, 2.24) is 15.0 Å². The number of H-pyrrole nitrogens is 1. The Labute approximate surface area is 248 Å². The number of ether oxygens (including phenoxy) is 2. The number of hydrogen-bond acceptors (Lipinski definition) is 6. The first-order valence-electron chi connectivity index (χ1n) is 12.9. The van der Waals surface area contributed by atoms with E-state index in [2.05, 4.69) is 15.0 Å². The van der Waals surface area contributed by atoms with E-state index in [9.17, 15) is 18.0 Å². The smallest absolute Gasteiger partial charge is 0.418 e. The predicted octanol–water partition coefficient (Wildman–Crippen LogP) is 7.33. The third-order valence-electron chi connectivity index (χ3n) is 7.07. The molecule has 43 heavy (non-hydrogen) atoms. The molecule has 0 amide bonds. The first kappa shape index (κ1) is 29.8. The van der Waals surface area contributed by atoms with Crippen LogP contribution in [0.15, 0.2) is 71.9 Å². The van der Waals surface area contributed by atoms with Crippen LogP contribution in [0.3, 0.4) is 0 Å². The topological polar surface area (TPSA) is 80.3 Å². The van der Waals surface area contributed by atoms with Gasteiger partial charge in [0.15, 0.2) is 5.82 Å². The van der Waals surface area contributed by atoms with Gasteiger partial charge in [-0.3, -0.25) is 9.78 Å². The molecule has 2 heterocycles. The molecule has 0 aliphatic rings. The van der Waals surface area contributed by atoms with Crippen molar-refractivity contribution in [3.8, 4) is 22.8 Å². The zero-order valence-electron chi connectivity index (χ0n) is 23.2. The lowest BCUT2D eigenvalue weighted by Crippen LogP contribution is -2.25. The summed E-state index contributed by atoms with van der Waals surface area (Å²) < 4.78 is 70.0. The van der Waals surface area contributed by atoms with Crippen LogP contribution >= 0.6 is 11.6 Å². The van der Waals surface area contributed by atoms with E-state index in [1.807, 2.05) is 24.3 Å². The minimum atomic E-state index is -4.88. The molecule has 5 aromatic rings. The van der Waals surface area contributed by atoms with Gasteiger partial charge in [0, 0.05) is 18.7 Å². The van der Waals surface area contributed by atoms with Gasteiger partial charge in [0.25, 0.3) is 5.56 Å². The van der Waals surface area contributed by atoms with Crippen molar-refractivity contribution in [3.63, 3.8) is 0 Å². The molecule has 222 valence electrons. The van der Waals surface area contributed by atoms with Gasteiger partial charge in [-0.25, -0.2) is 9.37 Å². The maximum absolute atomic E-state index is 15.2. The molecule has 0 bridgehead atoms. The van der Waals surface area contributed by atoms with Crippen molar-refractivity contribution in [1.29, 1.82) is 0 Å². The van der Waals surface area contributed by atoms with Gasteiger partial charge in [0.05, 0.1) is 54.2 Å². The molecule has 7 nitrogen and oxygen atoms in total. The van der Waals surface area contributed by atoms with Crippen LogP contribution < -0.4 is 19.9 Å². The number of fused-ring (bicyclic) bond motifs is 1. The Kier molecular flexibility index (Phi) is 8.27. The fourth-order valence-electron chi connectivity index (χ4n) is 4.93. The second kappa shape index (κ2) is 11.9. The van der Waals surface area contributed by atoms with Gasteiger partial charge in [0.1, 0.15) is 16.9 Å². The molecule has 0 fully saturated rings. The highest BCUT2D eigenvalue weighted by Crippen LogP contribution is 2.44. The van der Waals surface area contributed by atoms with Crippen molar-refractivity contribution in [2.24, 2.45) is 0 Å². The number of aromatic nitrogens is 3. The summed E-state index contributed by atoms with van der Waals surface area (Å²) in [7, 11) is 3.09. The second-order valence-corrected chi connectivity index (χ2v) is 10.1. The molecule has 0 radical (unpaired) electrons. The molecular weight excluding hydrogens is 588 g/mol. The number of anilines is 1. The van der Waals surface area contributed by atoms with Crippen molar-refractivity contribution in [3.05, 3.63) is 111 Å². The monoisotopic (exact) mass is 612 g/mol. The van der Waals surface area contributed by atoms with Gasteiger partial charge in [0.2, 0.25) is 0 Å². The standard InChI is InChI=1S/C31H25ClF4N4O3/c1-17-24(40(14-18-4-8-20(42-2)9-5-18)15-19-6-10-21(43-3)11-7-19)13-37-29(26(17)31(34,35)36)22-12-23-25(28(33)27(22)32)30(41)39-16-38-23/h4-13,16H,14-15H2,1-3H3,(H,38,39,41). The van der Waals surface area contributed by atoms with E-state index in [1.54, 1.807) is 43.4 Å². The molecule has 0 aliphatic heterocycles. The van der Waals surface area contributed by atoms with Gasteiger partial charge in [-0.15, -0.1) is 0 Å². The lowest BCUT2D eigenvalue weighted by Gasteiger charge is -2.29. The van der Waals surface area contributed by atoms with Gasteiger partial charge < -0.3 is 19.4 Å². The number of hydrogen-bond donors (Lipinski definition) is 1. The summed E-state index contributed by atoms with van der Waals surface area (Å²) in [5.41, 5.74) is -1.21. The fraction of sp³-hybridized carbons (Fsp3) is 0.194. The van der Waals surface area contributed by atoms with Crippen LogP contribution in [-0.4, -0.2) is 29.2 Å². The molecule has 3 aromatic carbocycles. The lowest BCUT2D eigenvalue weighted by atomic mass is 9.98. The van der Waals surface area contributed by atoms with E-state index < -0.39 is 39.2 Å². The molecule has 0 saturated carbocycles. The highest BCUT2D eigenvalue weighted by Gasteiger charge is 2.39. The summed E-state index contributed by atoms with van der Waals surface area (Å²) in [5, 5.41) is -1.12. The maximum Gasteiger partial charge on any atom is 0.418 e. The summed E-state index contributed by atoms with van der Waals surface area (Å²) in [6.07, 6.45) is -2.54. The fourth-order valence-corrected chi connectivity index (χ4v) is 5.17. The van der Waals surface area contributed by atoms with Crippen LogP contribution in [0.2, 0.25) is 5.02 Å². The lowest BCUT2D eigenvalue weighted by molar-refractivity contribution is -0.137. The number of benzene rings is 3. The van der Waals surface area contributed by atoms with Gasteiger partial charge in [-0.1, -0.05) is 35.9 Å². The van der Waals surface area contributed by atoms with Crippen LogP contribution in [0.5, 0.6) is 11.5 Å². The Bertz CT molecular complexity index is 1790. The summed E-state index contributed by atoms with van der Waals surface area (Å²) >= 11 is 6.23. The quantitative estimate of drug-likeness (QED) is 0.185. The van der Waals surface area contributed by atoms with E-state index in [1.165, 1.54) is 13.1 Å². The van der Waals surface area contributed by atoms with Crippen LogP contribution in [-0.2, 0) is 19.3 Å². The molecule has 2 aromatic heterocycles. The largest absolute Gasteiger partial charge is 0.497 e. The van der Waals surface area contributed by atoms with Crippen molar-refractivity contribution in [2.45, 2.75) is 26.2 Å². The van der Waals surface area contributed by atoms with Gasteiger partial charge in [-0.05, 0) is 53.9 Å². The van der Waals surface area contributed by atoms with Crippen LogP contribution in [0.25, 0.3) is 22.2 Å². The highest BCUT2D eigenvalue weighted by atomic mass is 35.5. The SMILES string of the molecule is COc1ccc(CN(Cc2ccc(OC)cc2)c2cnc(-c3cc4nc[nH]c(=O)c4c(F)c3Cl)c(C(F)(F)F)c2C)cc1. The normalized spacial score (nSPS) is 11.5. The maximum atomic E-state index is 15.2. The third-order valence-corrected chi connectivity index (χ3v) is 7.44. The summed E-state index contributed by atoms with van der Waals surface area (Å²) in [5.74, 6) is 0.104. The number of pyridine rings is 1. The van der Waals surface area contributed by atoms with E-state index in [-0.39, 0.29) is 35.4 Å². The van der Waals surface area contributed by atoms with Crippen molar-refractivity contribution < 1.29 is 27.0 Å². The number of methoxy groups -OCH3 is 2. The molecule has 0 aliphatic carbocycles. The number of alkyl halides is 3. The Morgan fingerprint density at radius 1 is 0.930 bits per heavy atom. The zero-order chi connectivity index (χ0) is 30.9. The second-order valence-electron chi connectivity index (χ2n) is 9.72. The molecule has 12 heteroatoms. The predicted molar refractivity (Wildman–Crippen MR) is 156 cm³/mol. The minimum Gasteiger partial charge on any atom is -0.497 e. The molecule has 0 unspecified atom stereocenters. The Morgan fingerprint density at radius 2 is 1.49 bits per heavy atom. The molecule has 0 atom stereocenters. The number of halogens is 5. The van der Waals surface area contributed by atoms with E-state index in [0.717, 1.165) is 23.5 Å². The number of nitrogens with one attached hydrogen (secondary N) is 1.